The summed E-state index contributed by atoms with van der Waals surface area (Å²) in [6.45, 7) is 0. The monoisotopic (exact) mass is 430 g/mol. The fourth-order valence-electron chi connectivity index (χ4n) is 2.87. The molecule has 0 heterocycles. The Morgan fingerprint density at radius 1 is 0.562 bits per heavy atom. The maximum atomic E-state index is 9.67. The highest BCUT2D eigenvalue weighted by molar-refractivity contribution is 6.33. The highest BCUT2D eigenvalue weighted by Crippen LogP contribution is 2.33. The Morgan fingerprint density at radius 3 is 1.12 bits per heavy atom. The van der Waals surface area contributed by atoms with Crippen molar-refractivity contribution in [2.24, 2.45) is 0 Å². The van der Waals surface area contributed by atoms with E-state index in [1.54, 1.807) is 0 Å². The van der Waals surface area contributed by atoms with Gasteiger partial charge in [0.15, 0.2) is 0 Å². The Hall–Kier alpha value is -3.98. The van der Waals surface area contributed by atoms with Crippen LogP contribution >= 0.6 is 0 Å². The third-order valence-corrected chi connectivity index (χ3v) is 4.17. The van der Waals surface area contributed by atoms with Crippen LogP contribution in [-0.4, -0.2) is 7.54 Å². The number of anilines is 3. The zero-order chi connectivity index (χ0) is 23.0. The summed E-state index contributed by atoms with van der Waals surface area (Å²) in [5, 5.41) is 8.27. The van der Waals surface area contributed by atoms with Crippen LogP contribution in [0.15, 0.2) is 121 Å². The molecule has 6 heteroatoms. The largest absolute Gasteiger partial charge is 0.762 e. The summed E-state index contributed by atoms with van der Waals surface area (Å²) in [6.07, 6.45) is 0.515. The van der Waals surface area contributed by atoms with E-state index in [-0.39, 0.29) is 0 Å². The van der Waals surface area contributed by atoms with E-state index in [1.807, 2.05) is 48.5 Å². The van der Waals surface area contributed by atoms with E-state index in [2.05, 4.69) is 83.8 Å². The smallest absolute Gasteiger partial charge is 0.311 e. The molecule has 0 atom stereocenters. The van der Waals surface area contributed by atoms with Gasteiger partial charge in [-0.05, 0) is 42.0 Å². The maximum Gasteiger partial charge on any atom is 0.762 e. The van der Waals surface area contributed by atoms with Crippen molar-refractivity contribution in [1.29, 1.82) is 5.26 Å². The summed E-state index contributed by atoms with van der Waals surface area (Å²) in [7, 11) is -3.67. The first kappa shape index (κ1) is 24.3. The van der Waals surface area contributed by atoms with Gasteiger partial charge in [-0.25, -0.2) is 0 Å². The highest BCUT2D eigenvalue weighted by Gasteiger charge is 2.10. The van der Waals surface area contributed by atoms with Crippen molar-refractivity contribution in [3.05, 3.63) is 127 Å². The lowest BCUT2D eigenvalue weighted by Crippen LogP contribution is -2.09. The number of nitriles is 1. The molecule has 0 N–H and O–H groups in total. The van der Waals surface area contributed by atoms with E-state index in [1.165, 1.54) is 17.1 Å². The van der Waals surface area contributed by atoms with Crippen molar-refractivity contribution in [3.63, 3.8) is 0 Å². The van der Waals surface area contributed by atoms with Crippen LogP contribution in [-0.2, 0) is 6.42 Å². The Labute approximate surface area is 187 Å². The summed E-state index contributed by atoms with van der Waals surface area (Å²) in [6, 6.07) is 43.0. The van der Waals surface area contributed by atoms with Gasteiger partial charge < -0.3 is 4.90 Å². The average Bonchev–Trinajstić information content (AvgIpc) is 2.82. The van der Waals surface area contributed by atoms with Gasteiger partial charge in [-0.1, -0.05) is 84.9 Å². The lowest BCUT2D eigenvalue weighted by atomic mass is 10.2. The van der Waals surface area contributed by atoms with Crippen LogP contribution < -0.4 is 4.90 Å². The average molecular weight is 430 g/mol. The molecule has 0 aliphatic heterocycles. The molecule has 0 saturated carbocycles. The first-order chi connectivity index (χ1) is 15.6. The molecule has 0 bridgehead atoms. The van der Waals surface area contributed by atoms with Crippen LogP contribution in [0.5, 0.6) is 0 Å². The van der Waals surface area contributed by atoms with Gasteiger partial charge >= 0.3 is 7.54 Å². The highest BCUT2D eigenvalue weighted by atomic mass is 19.4. The fraction of sp³-hybridized carbons (Fsp3) is 0.0385. The third kappa shape index (κ3) is 8.80. The standard InChI is InChI=1S/C18H15N.C8H7N.BF3/c1-4-10-16(11-5-1)19(17-12-6-2-7-13-17)18-14-8-3-9-15-18;9-7-6-8-4-2-1-3-5-8;2-1(3)4/h1-15H;1-5H,6H2;. The van der Waals surface area contributed by atoms with E-state index in [4.69, 9.17) is 5.26 Å². The van der Waals surface area contributed by atoms with Gasteiger partial charge in [0, 0.05) is 17.1 Å². The molecule has 160 valence electrons. The fourth-order valence-corrected chi connectivity index (χ4v) is 2.87. The molecule has 32 heavy (non-hydrogen) atoms. The number of rotatable bonds is 4. The van der Waals surface area contributed by atoms with Crippen LogP contribution in [0.2, 0.25) is 0 Å². The number of hydrogen-bond donors (Lipinski definition) is 0. The number of nitrogens with zero attached hydrogens (tertiary/aromatic N) is 2. The summed E-state index contributed by atoms with van der Waals surface area (Å²) in [4.78, 5) is 2.25. The molecule has 0 amide bonds. The first-order valence-electron chi connectivity index (χ1n) is 9.90. The molecule has 2 nitrogen and oxygen atoms in total. The van der Waals surface area contributed by atoms with Gasteiger partial charge in [-0.2, -0.15) is 5.26 Å². The quantitative estimate of drug-likeness (QED) is 0.309. The minimum atomic E-state index is -3.67. The Kier molecular flexibility index (Phi) is 10.7. The summed E-state index contributed by atoms with van der Waals surface area (Å²) in [5.41, 5.74) is 4.58. The first-order valence-corrected chi connectivity index (χ1v) is 9.90. The van der Waals surface area contributed by atoms with E-state index < -0.39 is 7.54 Å². The van der Waals surface area contributed by atoms with Gasteiger partial charge in [-0.3, -0.25) is 12.9 Å². The van der Waals surface area contributed by atoms with Gasteiger partial charge in [0.1, 0.15) is 0 Å². The molecule has 0 aromatic heterocycles. The van der Waals surface area contributed by atoms with Crippen molar-refractivity contribution in [2.75, 3.05) is 4.90 Å². The zero-order valence-corrected chi connectivity index (χ0v) is 17.4. The van der Waals surface area contributed by atoms with Crippen LogP contribution in [0.4, 0.5) is 30.0 Å². The predicted molar refractivity (Wildman–Crippen MR) is 126 cm³/mol. The van der Waals surface area contributed by atoms with Crippen LogP contribution in [0.1, 0.15) is 5.56 Å². The Morgan fingerprint density at radius 2 is 0.844 bits per heavy atom. The van der Waals surface area contributed by atoms with E-state index in [0.717, 1.165) is 5.56 Å². The van der Waals surface area contributed by atoms with Crippen LogP contribution in [0, 0.1) is 11.3 Å². The van der Waals surface area contributed by atoms with Gasteiger partial charge in [-0.15, -0.1) is 0 Å². The number of para-hydroxylation sites is 3. The molecule has 0 aliphatic rings. The molecule has 0 radical (unpaired) electrons. The third-order valence-electron chi connectivity index (χ3n) is 4.17. The second-order valence-corrected chi connectivity index (χ2v) is 6.41. The molecule has 0 fully saturated rings. The molecule has 4 rings (SSSR count). The van der Waals surface area contributed by atoms with Crippen molar-refractivity contribution in [3.8, 4) is 6.07 Å². The second kappa shape index (κ2) is 14.1. The van der Waals surface area contributed by atoms with Gasteiger partial charge in [0.25, 0.3) is 0 Å². The van der Waals surface area contributed by atoms with E-state index >= 15 is 0 Å². The SMILES string of the molecule is FB(F)F.N#CCc1ccccc1.c1ccc(N(c2ccccc2)c2ccccc2)cc1. The topological polar surface area (TPSA) is 27.0 Å². The van der Waals surface area contributed by atoms with Gasteiger partial charge in [0.2, 0.25) is 0 Å². The number of hydrogen-bond acceptors (Lipinski definition) is 2. The van der Waals surface area contributed by atoms with E-state index in [0.29, 0.717) is 6.42 Å². The predicted octanol–water partition coefficient (Wildman–Crippen LogP) is 7.79. The molecule has 4 aromatic rings. The minimum absolute atomic E-state index is 0.515. The lowest BCUT2D eigenvalue weighted by Gasteiger charge is -2.25. The van der Waals surface area contributed by atoms with Crippen LogP contribution in [0.25, 0.3) is 0 Å². The minimum Gasteiger partial charge on any atom is -0.311 e. The zero-order valence-electron chi connectivity index (χ0n) is 17.4. The Balaban J connectivity index is 0.000000233. The van der Waals surface area contributed by atoms with Crippen molar-refractivity contribution >= 4 is 24.6 Å². The Bertz CT molecular complexity index is 945. The van der Waals surface area contributed by atoms with E-state index in [9.17, 15) is 12.9 Å². The van der Waals surface area contributed by atoms with Crippen molar-refractivity contribution in [1.82, 2.24) is 0 Å². The molecule has 0 saturated heterocycles. The summed E-state index contributed by atoms with van der Waals surface area (Å²) >= 11 is 0. The molecule has 0 spiro atoms. The normalized spacial score (nSPS) is 9.19. The number of halogens is 3. The summed E-state index contributed by atoms with van der Waals surface area (Å²) in [5.74, 6) is 0. The molecule has 0 aliphatic carbocycles. The van der Waals surface area contributed by atoms with Crippen LogP contribution in [0.3, 0.4) is 0 Å². The van der Waals surface area contributed by atoms with Gasteiger partial charge in [0.05, 0.1) is 12.5 Å². The summed E-state index contributed by atoms with van der Waals surface area (Å²) < 4.78 is 29.0. The molecular weight excluding hydrogens is 408 g/mol. The number of benzene rings is 4. The van der Waals surface area contributed by atoms with Crippen molar-refractivity contribution < 1.29 is 12.9 Å². The molecular formula is C26H22BF3N2. The maximum absolute atomic E-state index is 9.67. The second-order valence-electron chi connectivity index (χ2n) is 6.41. The molecule has 4 aromatic carbocycles. The molecule has 0 unspecified atom stereocenters. The van der Waals surface area contributed by atoms with Crippen molar-refractivity contribution in [2.45, 2.75) is 6.42 Å². The lowest BCUT2D eigenvalue weighted by molar-refractivity contribution is 0.535.